The van der Waals surface area contributed by atoms with Crippen LogP contribution in [0.5, 0.6) is 11.5 Å². The number of hydrogen-bond acceptors (Lipinski definition) is 3. The van der Waals surface area contributed by atoms with Gasteiger partial charge in [-0.25, -0.2) is 0 Å². The number of alkyl halides is 3. The van der Waals surface area contributed by atoms with Crippen molar-refractivity contribution < 1.29 is 17.9 Å². The summed E-state index contributed by atoms with van der Waals surface area (Å²) >= 11 is 0. The Hall–Kier alpha value is -2.99. The van der Waals surface area contributed by atoms with Crippen LogP contribution in [0.3, 0.4) is 0 Å². The average molecular weight is 288 g/mol. The molecule has 0 spiro atoms. The monoisotopic (exact) mass is 288 g/mol. The zero-order chi connectivity index (χ0) is 15.5. The van der Waals surface area contributed by atoms with Gasteiger partial charge in [0.2, 0.25) is 0 Å². The quantitative estimate of drug-likeness (QED) is 0.830. The van der Waals surface area contributed by atoms with Crippen LogP contribution in [0.25, 0.3) is 0 Å². The highest BCUT2D eigenvalue weighted by atomic mass is 19.4. The molecule has 21 heavy (non-hydrogen) atoms. The molecule has 0 aliphatic carbocycles. The fraction of sp³-hybridized carbons (Fsp3) is 0.0667. The van der Waals surface area contributed by atoms with Crippen molar-refractivity contribution >= 4 is 0 Å². The summed E-state index contributed by atoms with van der Waals surface area (Å²) in [5.74, 6) is -0.509. The van der Waals surface area contributed by atoms with E-state index in [4.69, 9.17) is 15.3 Å². The topological polar surface area (TPSA) is 56.8 Å². The maximum absolute atomic E-state index is 12.9. The Morgan fingerprint density at radius 3 is 2.14 bits per heavy atom. The van der Waals surface area contributed by atoms with Crippen molar-refractivity contribution in [2.45, 2.75) is 6.18 Å². The van der Waals surface area contributed by atoms with Gasteiger partial charge in [0.1, 0.15) is 29.2 Å². The molecule has 0 atom stereocenters. The Labute approximate surface area is 118 Å². The van der Waals surface area contributed by atoms with Crippen molar-refractivity contribution in [2.75, 3.05) is 0 Å². The summed E-state index contributed by atoms with van der Waals surface area (Å²) in [5.41, 5.74) is -1.01. The van der Waals surface area contributed by atoms with E-state index in [-0.39, 0.29) is 16.9 Å². The highest BCUT2D eigenvalue weighted by molar-refractivity contribution is 5.55. The van der Waals surface area contributed by atoms with Gasteiger partial charge in [-0.1, -0.05) is 18.2 Å². The van der Waals surface area contributed by atoms with E-state index in [1.54, 1.807) is 12.1 Å². The molecule has 0 aromatic heterocycles. The van der Waals surface area contributed by atoms with Crippen molar-refractivity contribution in [1.29, 1.82) is 10.5 Å². The van der Waals surface area contributed by atoms with E-state index in [1.807, 2.05) is 0 Å². The van der Waals surface area contributed by atoms with Crippen LogP contribution in [0.4, 0.5) is 13.2 Å². The second-order valence-corrected chi connectivity index (χ2v) is 4.00. The number of nitrogens with zero attached hydrogens (tertiary/aromatic N) is 2. The summed E-state index contributed by atoms with van der Waals surface area (Å²) in [7, 11) is 0. The number of hydrogen-bond donors (Lipinski definition) is 0. The second-order valence-electron chi connectivity index (χ2n) is 4.00. The Morgan fingerprint density at radius 1 is 0.857 bits per heavy atom. The fourth-order valence-corrected chi connectivity index (χ4v) is 1.73. The fourth-order valence-electron chi connectivity index (χ4n) is 1.73. The van der Waals surface area contributed by atoms with Crippen LogP contribution in [-0.4, -0.2) is 0 Å². The lowest BCUT2D eigenvalue weighted by Crippen LogP contribution is -2.07. The summed E-state index contributed by atoms with van der Waals surface area (Å²) in [5, 5.41) is 17.9. The van der Waals surface area contributed by atoms with Gasteiger partial charge in [-0.3, -0.25) is 0 Å². The molecule has 0 fully saturated rings. The van der Waals surface area contributed by atoms with Gasteiger partial charge >= 0.3 is 6.18 Å². The number of rotatable bonds is 2. The average Bonchev–Trinajstić information content (AvgIpc) is 2.46. The third-order valence-electron chi connectivity index (χ3n) is 2.67. The van der Waals surface area contributed by atoms with Crippen molar-refractivity contribution in [3.63, 3.8) is 0 Å². The SMILES string of the molecule is N#Cc1cccc(Oc2ccccc2C(F)(F)F)c1C#N. The van der Waals surface area contributed by atoms with Crippen LogP contribution in [0.2, 0.25) is 0 Å². The van der Waals surface area contributed by atoms with E-state index in [0.717, 1.165) is 12.1 Å². The van der Waals surface area contributed by atoms with E-state index in [2.05, 4.69) is 0 Å². The zero-order valence-electron chi connectivity index (χ0n) is 10.5. The molecule has 3 nitrogen and oxygen atoms in total. The van der Waals surface area contributed by atoms with E-state index in [1.165, 1.54) is 30.3 Å². The van der Waals surface area contributed by atoms with Gasteiger partial charge in [-0.15, -0.1) is 0 Å². The van der Waals surface area contributed by atoms with Gasteiger partial charge in [0.15, 0.2) is 0 Å². The van der Waals surface area contributed by atoms with Crippen LogP contribution in [0.1, 0.15) is 16.7 Å². The predicted molar refractivity (Wildman–Crippen MR) is 67.4 cm³/mol. The van der Waals surface area contributed by atoms with E-state index in [9.17, 15) is 13.2 Å². The van der Waals surface area contributed by atoms with Gasteiger partial charge in [-0.05, 0) is 24.3 Å². The molecular formula is C15H7F3N2O. The zero-order valence-corrected chi connectivity index (χ0v) is 10.5. The maximum atomic E-state index is 12.9. The highest BCUT2D eigenvalue weighted by Gasteiger charge is 2.34. The highest BCUT2D eigenvalue weighted by Crippen LogP contribution is 2.38. The molecule has 2 aromatic carbocycles. The molecule has 2 aromatic rings. The van der Waals surface area contributed by atoms with Crippen LogP contribution in [0, 0.1) is 22.7 Å². The molecule has 0 N–H and O–H groups in total. The summed E-state index contributed by atoms with van der Waals surface area (Å²) < 4.78 is 43.9. The van der Waals surface area contributed by atoms with Crippen LogP contribution >= 0.6 is 0 Å². The first-order valence-electron chi connectivity index (χ1n) is 5.74. The normalized spacial score (nSPS) is 10.5. The van der Waals surface area contributed by atoms with Crippen molar-refractivity contribution in [1.82, 2.24) is 0 Å². The van der Waals surface area contributed by atoms with Crippen LogP contribution in [-0.2, 0) is 6.18 Å². The lowest BCUT2D eigenvalue weighted by Gasteiger charge is -2.14. The smallest absolute Gasteiger partial charge is 0.419 e. The molecule has 0 amide bonds. The first kappa shape index (κ1) is 14.4. The molecule has 0 aliphatic rings. The van der Waals surface area contributed by atoms with E-state index < -0.39 is 17.5 Å². The molecule has 104 valence electrons. The van der Waals surface area contributed by atoms with Gasteiger partial charge < -0.3 is 4.74 Å². The number of para-hydroxylation sites is 1. The second kappa shape index (κ2) is 5.56. The molecule has 0 saturated carbocycles. The van der Waals surface area contributed by atoms with Gasteiger partial charge in [0.05, 0.1) is 11.1 Å². The Bertz CT molecular complexity index is 755. The van der Waals surface area contributed by atoms with Gasteiger partial charge in [0, 0.05) is 0 Å². The maximum Gasteiger partial charge on any atom is 0.419 e. The van der Waals surface area contributed by atoms with Gasteiger partial charge in [-0.2, -0.15) is 23.7 Å². The van der Waals surface area contributed by atoms with Crippen molar-refractivity contribution in [3.05, 3.63) is 59.2 Å². The minimum absolute atomic E-state index is 0.0412. The predicted octanol–water partition coefficient (Wildman–Crippen LogP) is 4.24. The number of ether oxygens (including phenoxy) is 1. The Balaban J connectivity index is 2.51. The lowest BCUT2D eigenvalue weighted by molar-refractivity contribution is -0.138. The Morgan fingerprint density at radius 2 is 1.52 bits per heavy atom. The molecule has 0 saturated heterocycles. The number of halogens is 3. The molecule has 0 bridgehead atoms. The first-order valence-corrected chi connectivity index (χ1v) is 5.74. The standard InChI is InChI=1S/C15H7F3N2O/c16-15(17,18)12-5-1-2-6-14(12)21-13-7-3-4-10(8-19)11(13)9-20/h1-7H. The minimum Gasteiger partial charge on any atom is -0.455 e. The molecule has 6 heteroatoms. The number of benzene rings is 2. The van der Waals surface area contributed by atoms with Crippen LogP contribution < -0.4 is 4.74 Å². The molecule has 0 heterocycles. The van der Waals surface area contributed by atoms with E-state index >= 15 is 0 Å². The molecule has 0 aliphatic heterocycles. The van der Waals surface area contributed by atoms with E-state index in [0.29, 0.717) is 0 Å². The summed E-state index contributed by atoms with van der Waals surface area (Å²) in [6, 6.07) is 12.4. The van der Waals surface area contributed by atoms with Crippen molar-refractivity contribution in [3.8, 4) is 23.6 Å². The third kappa shape index (κ3) is 2.96. The molecule has 0 unspecified atom stereocenters. The first-order chi connectivity index (χ1) is 9.97. The minimum atomic E-state index is -4.57. The van der Waals surface area contributed by atoms with Gasteiger partial charge in [0.25, 0.3) is 0 Å². The van der Waals surface area contributed by atoms with Crippen LogP contribution in [0.15, 0.2) is 42.5 Å². The van der Waals surface area contributed by atoms with Crippen molar-refractivity contribution in [2.24, 2.45) is 0 Å². The molecule has 2 rings (SSSR count). The largest absolute Gasteiger partial charge is 0.455 e. The Kier molecular flexibility index (Phi) is 3.82. The molecular weight excluding hydrogens is 281 g/mol. The lowest BCUT2D eigenvalue weighted by atomic mass is 10.1. The number of nitriles is 2. The third-order valence-corrected chi connectivity index (χ3v) is 2.67. The summed E-state index contributed by atoms with van der Waals surface area (Å²) in [6.45, 7) is 0. The molecule has 0 radical (unpaired) electrons. The summed E-state index contributed by atoms with van der Waals surface area (Å²) in [6.07, 6.45) is -4.57. The summed E-state index contributed by atoms with van der Waals surface area (Å²) in [4.78, 5) is 0.